The maximum absolute atomic E-state index is 14.1. The van der Waals surface area contributed by atoms with Gasteiger partial charge in [0.15, 0.2) is 5.78 Å². The SMILES string of the molecule is COc1ccc(C[C@@H]2C[C@@H](C(=O)CCc3ccc4c(c3)nnn4C)N(C(=O)C3NCCc4cc(Br)ccc43)C2)cc1. The second kappa shape index (κ2) is 11.7. The van der Waals surface area contributed by atoms with Gasteiger partial charge in [0.1, 0.15) is 17.3 Å². The highest BCUT2D eigenvalue weighted by Crippen LogP contribution is 2.34. The molecule has 3 atom stereocenters. The minimum absolute atomic E-state index is 0.00941. The summed E-state index contributed by atoms with van der Waals surface area (Å²) in [5, 5.41) is 11.7. The maximum Gasteiger partial charge on any atom is 0.244 e. The zero-order valence-electron chi connectivity index (χ0n) is 23.3. The molecule has 1 amide bonds. The van der Waals surface area contributed by atoms with Crippen LogP contribution in [0.2, 0.25) is 0 Å². The van der Waals surface area contributed by atoms with Crippen LogP contribution in [0.1, 0.15) is 41.1 Å². The minimum Gasteiger partial charge on any atom is -0.497 e. The number of nitrogens with zero attached hydrogens (tertiary/aromatic N) is 4. The molecule has 4 aromatic rings. The monoisotopic (exact) mass is 615 g/mol. The summed E-state index contributed by atoms with van der Waals surface area (Å²) in [7, 11) is 3.53. The summed E-state index contributed by atoms with van der Waals surface area (Å²) in [5.41, 5.74) is 6.19. The number of ether oxygens (including phenoxy) is 1. The third-order valence-corrected chi connectivity index (χ3v) is 8.96. The van der Waals surface area contributed by atoms with Crippen LogP contribution in [0.25, 0.3) is 11.0 Å². The number of methoxy groups -OCH3 is 1. The zero-order chi connectivity index (χ0) is 28.5. The van der Waals surface area contributed by atoms with Gasteiger partial charge in [-0.1, -0.05) is 45.4 Å². The number of carbonyl (C=O) groups is 2. The lowest BCUT2D eigenvalue weighted by Gasteiger charge is -2.32. The second-order valence-corrected chi connectivity index (χ2v) is 12.1. The highest BCUT2D eigenvalue weighted by Gasteiger charge is 2.42. The van der Waals surface area contributed by atoms with Crippen molar-refractivity contribution in [2.45, 2.75) is 44.2 Å². The molecule has 0 radical (unpaired) electrons. The van der Waals surface area contributed by atoms with Crippen LogP contribution in [0.3, 0.4) is 0 Å². The molecule has 6 rings (SSSR count). The predicted octanol–water partition coefficient (Wildman–Crippen LogP) is 4.59. The summed E-state index contributed by atoms with van der Waals surface area (Å²) in [6.07, 6.45) is 3.32. The van der Waals surface area contributed by atoms with Gasteiger partial charge in [-0.15, -0.1) is 5.10 Å². The van der Waals surface area contributed by atoms with E-state index in [-0.39, 0.29) is 17.6 Å². The first kappa shape index (κ1) is 27.6. The molecule has 2 aliphatic heterocycles. The molecule has 1 N–H and O–H groups in total. The van der Waals surface area contributed by atoms with E-state index in [2.05, 4.69) is 49.8 Å². The summed E-state index contributed by atoms with van der Waals surface area (Å²) in [5.74, 6) is 1.12. The molecule has 2 aliphatic rings. The topological polar surface area (TPSA) is 89.3 Å². The Morgan fingerprint density at radius 2 is 1.88 bits per heavy atom. The van der Waals surface area contributed by atoms with Crippen molar-refractivity contribution in [3.63, 3.8) is 0 Å². The van der Waals surface area contributed by atoms with Gasteiger partial charge in [0.25, 0.3) is 0 Å². The number of Topliss-reactive ketones (excluding diaryl/α,β-unsaturated/α-hetero) is 1. The van der Waals surface area contributed by atoms with Crippen molar-refractivity contribution < 1.29 is 14.3 Å². The minimum atomic E-state index is -0.444. The number of hydrogen-bond acceptors (Lipinski definition) is 6. The van der Waals surface area contributed by atoms with E-state index in [1.54, 1.807) is 11.8 Å². The summed E-state index contributed by atoms with van der Waals surface area (Å²) in [6, 6.07) is 19.3. The molecule has 3 heterocycles. The number of likely N-dealkylation sites (tertiary alicyclic amines) is 1. The average molecular weight is 617 g/mol. The number of rotatable bonds is 8. The Balaban J connectivity index is 1.22. The van der Waals surface area contributed by atoms with Crippen LogP contribution in [0, 0.1) is 5.92 Å². The van der Waals surface area contributed by atoms with Crippen LogP contribution in [0.15, 0.2) is 65.1 Å². The van der Waals surface area contributed by atoms with Crippen molar-refractivity contribution >= 4 is 38.7 Å². The number of halogens is 1. The van der Waals surface area contributed by atoms with Gasteiger partial charge in [-0.25, -0.2) is 4.68 Å². The first-order valence-electron chi connectivity index (χ1n) is 14.2. The molecule has 41 heavy (non-hydrogen) atoms. The molecule has 1 aromatic heterocycles. The number of aryl methyl sites for hydroxylation is 2. The van der Waals surface area contributed by atoms with Crippen LogP contribution >= 0.6 is 15.9 Å². The molecule has 0 spiro atoms. The van der Waals surface area contributed by atoms with Crippen molar-refractivity contribution in [3.05, 3.63) is 87.4 Å². The molecular weight excluding hydrogens is 582 g/mol. The van der Waals surface area contributed by atoms with Gasteiger partial charge in [0.05, 0.1) is 18.7 Å². The van der Waals surface area contributed by atoms with Gasteiger partial charge in [0, 0.05) is 31.0 Å². The third kappa shape index (κ3) is 5.78. The molecule has 1 saturated heterocycles. The standard InChI is InChI=1S/C32H34BrN5O3/c1-37-28-11-5-21(16-27(28)35-36-37)6-12-30(39)29-17-22(15-20-3-8-25(41-2)9-4-20)19-38(29)32(40)31-26-10-7-24(33)18-23(26)13-14-34-31/h3-5,7-11,16,18,22,29,31,34H,6,12-15,17,19H2,1-2H3/t22-,29+,31?/m1/s1. The van der Waals surface area contributed by atoms with Crippen LogP contribution < -0.4 is 10.1 Å². The molecular formula is C32H34BrN5O3. The van der Waals surface area contributed by atoms with Crippen LogP contribution in [0.5, 0.6) is 5.75 Å². The van der Waals surface area contributed by atoms with Crippen molar-refractivity contribution in [2.24, 2.45) is 13.0 Å². The number of hydrogen-bond donors (Lipinski definition) is 1. The van der Waals surface area contributed by atoms with E-state index < -0.39 is 12.1 Å². The van der Waals surface area contributed by atoms with Crippen molar-refractivity contribution in [1.82, 2.24) is 25.2 Å². The molecule has 0 bridgehead atoms. The summed E-state index contributed by atoms with van der Waals surface area (Å²) < 4.78 is 8.06. The molecule has 212 valence electrons. The number of benzene rings is 3. The molecule has 8 nitrogen and oxygen atoms in total. The van der Waals surface area contributed by atoms with E-state index in [1.807, 2.05) is 54.4 Å². The lowest BCUT2D eigenvalue weighted by molar-refractivity contribution is -0.139. The molecule has 0 aliphatic carbocycles. The second-order valence-electron chi connectivity index (χ2n) is 11.1. The lowest BCUT2D eigenvalue weighted by Crippen LogP contribution is -2.48. The Kier molecular flexibility index (Phi) is 7.90. The van der Waals surface area contributed by atoms with E-state index >= 15 is 0 Å². The Morgan fingerprint density at radius 1 is 1.07 bits per heavy atom. The van der Waals surface area contributed by atoms with E-state index in [9.17, 15) is 9.59 Å². The maximum atomic E-state index is 14.1. The van der Waals surface area contributed by atoms with Gasteiger partial charge >= 0.3 is 0 Å². The molecule has 3 aromatic carbocycles. The van der Waals surface area contributed by atoms with E-state index in [0.29, 0.717) is 25.8 Å². The normalized spacial score (nSPS) is 20.3. The Bertz CT molecular complexity index is 1580. The fourth-order valence-corrected chi connectivity index (χ4v) is 6.72. The quantitative estimate of drug-likeness (QED) is 0.312. The van der Waals surface area contributed by atoms with Gasteiger partial charge in [-0.3, -0.25) is 9.59 Å². The molecule has 1 unspecified atom stereocenters. The van der Waals surface area contributed by atoms with Crippen molar-refractivity contribution in [1.29, 1.82) is 0 Å². The smallest absolute Gasteiger partial charge is 0.244 e. The summed E-state index contributed by atoms with van der Waals surface area (Å²) in [6.45, 7) is 1.29. The third-order valence-electron chi connectivity index (χ3n) is 8.47. The fraction of sp³-hybridized carbons (Fsp3) is 0.375. The Hall–Kier alpha value is -3.56. The number of carbonyl (C=O) groups excluding carboxylic acids is 2. The number of amides is 1. The molecule has 9 heteroatoms. The van der Waals surface area contributed by atoms with Crippen molar-refractivity contribution in [3.8, 4) is 5.75 Å². The number of fused-ring (bicyclic) bond motifs is 2. The van der Waals surface area contributed by atoms with Crippen molar-refractivity contribution in [2.75, 3.05) is 20.2 Å². The first-order valence-corrected chi connectivity index (χ1v) is 14.9. The Labute approximate surface area is 248 Å². The lowest BCUT2D eigenvalue weighted by atomic mass is 9.93. The molecule has 1 fully saturated rings. The Morgan fingerprint density at radius 3 is 2.68 bits per heavy atom. The number of ketones is 1. The highest BCUT2D eigenvalue weighted by atomic mass is 79.9. The number of nitrogens with one attached hydrogen (secondary N) is 1. The highest BCUT2D eigenvalue weighted by molar-refractivity contribution is 9.10. The largest absolute Gasteiger partial charge is 0.497 e. The van der Waals surface area contributed by atoms with E-state index in [1.165, 1.54) is 11.1 Å². The van der Waals surface area contributed by atoms with Crippen LogP contribution in [-0.4, -0.2) is 57.8 Å². The summed E-state index contributed by atoms with van der Waals surface area (Å²) in [4.78, 5) is 29.8. The first-order chi connectivity index (χ1) is 19.9. The van der Waals surface area contributed by atoms with E-state index in [0.717, 1.165) is 51.8 Å². The van der Waals surface area contributed by atoms with Crippen LogP contribution in [-0.2, 0) is 35.9 Å². The zero-order valence-corrected chi connectivity index (χ0v) is 24.9. The van der Waals surface area contributed by atoms with Gasteiger partial charge in [-0.2, -0.15) is 0 Å². The van der Waals surface area contributed by atoms with Gasteiger partial charge in [0.2, 0.25) is 5.91 Å². The fourth-order valence-electron chi connectivity index (χ4n) is 6.31. The van der Waals surface area contributed by atoms with Crippen LogP contribution in [0.4, 0.5) is 0 Å². The van der Waals surface area contributed by atoms with Gasteiger partial charge in [-0.05, 0) is 90.3 Å². The number of aromatic nitrogens is 3. The molecule has 0 saturated carbocycles. The predicted molar refractivity (Wildman–Crippen MR) is 161 cm³/mol. The summed E-state index contributed by atoms with van der Waals surface area (Å²) >= 11 is 3.56. The average Bonchev–Trinajstić information content (AvgIpc) is 3.58. The van der Waals surface area contributed by atoms with Gasteiger partial charge < -0.3 is 15.0 Å². The van der Waals surface area contributed by atoms with E-state index in [4.69, 9.17) is 4.74 Å².